The number of aromatic nitrogens is 4. The van der Waals surface area contributed by atoms with E-state index in [1.54, 1.807) is 24.3 Å². The highest BCUT2D eigenvalue weighted by molar-refractivity contribution is 6.32. The van der Waals surface area contributed by atoms with Crippen molar-refractivity contribution in [3.63, 3.8) is 0 Å². The van der Waals surface area contributed by atoms with Crippen LogP contribution in [0.1, 0.15) is 37.8 Å². The third-order valence-corrected chi connectivity index (χ3v) is 6.70. The third-order valence-electron chi connectivity index (χ3n) is 6.40. The largest absolute Gasteiger partial charge is 0.487 e. The fourth-order valence-corrected chi connectivity index (χ4v) is 4.84. The van der Waals surface area contributed by atoms with Gasteiger partial charge >= 0.3 is 0 Å². The normalized spacial score (nSPS) is 15.9. The van der Waals surface area contributed by atoms with Crippen LogP contribution in [-0.4, -0.2) is 43.6 Å². The zero-order valence-electron chi connectivity index (χ0n) is 19.8. The van der Waals surface area contributed by atoms with E-state index in [0.717, 1.165) is 24.9 Å². The topological polar surface area (TPSA) is 99.2 Å². The predicted molar refractivity (Wildman–Crippen MR) is 136 cm³/mol. The predicted octanol–water partition coefficient (Wildman–Crippen LogP) is 5.02. The lowest BCUT2D eigenvalue weighted by molar-refractivity contribution is -0.132. The lowest BCUT2D eigenvalue weighted by atomic mass is 10.1. The van der Waals surface area contributed by atoms with Crippen molar-refractivity contribution in [3.05, 3.63) is 65.2 Å². The Balaban J connectivity index is 1.46. The number of piperidine rings is 1. The molecule has 1 amide bonds. The molecule has 0 saturated carbocycles. The molecule has 1 aliphatic rings. The maximum Gasteiger partial charge on any atom is 0.222 e. The molecule has 2 aromatic heterocycles. The van der Waals surface area contributed by atoms with Crippen LogP contribution in [0.3, 0.4) is 0 Å². The quantitative estimate of drug-likeness (QED) is 0.392. The van der Waals surface area contributed by atoms with Crippen molar-refractivity contribution in [3.8, 4) is 17.0 Å². The monoisotopic (exact) mass is 508 g/mol. The molecule has 0 bridgehead atoms. The minimum Gasteiger partial charge on any atom is -0.487 e. The van der Waals surface area contributed by atoms with Crippen LogP contribution in [0.5, 0.6) is 5.75 Å². The zero-order valence-corrected chi connectivity index (χ0v) is 20.6. The number of benzene rings is 2. The van der Waals surface area contributed by atoms with E-state index in [4.69, 9.17) is 27.2 Å². The average molecular weight is 509 g/mol. The first-order chi connectivity index (χ1) is 17.4. The number of hydrogen-bond donors (Lipinski definition) is 1. The molecule has 4 aromatic rings. The summed E-state index contributed by atoms with van der Waals surface area (Å²) in [5, 5.41) is 5.92. The van der Waals surface area contributed by atoms with Crippen LogP contribution < -0.4 is 10.5 Å². The molecule has 10 heteroatoms. The van der Waals surface area contributed by atoms with Crippen LogP contribution in [0.2, 0.25) is 5.02 Å². The Morgan fingerprint density at radius 1 is 1.25 bits per heavy atom. The number of amides is 1. The highest BCUT2D eigenvalue weighted by Crippen LogP contribution is 2.37. The number of halogens is 2. The Morgan fingerprint density at radius 3 is 2.89 bits per heavy atom. The molecule has 1 saturated heterocycles. The third kappa shape index (κ3) is 4.70. The van der Waals surface area contributed by atoms with Gasteiger partial charge < -0.3 is 15.4 Å². The number of carbonyl (C=O) groups is 1. The number of rotatable bonds is 6. The molecular formula is C26H26ClFN6O2. The maximum atomic E-state index is 13.5. The van der Waals surface area contributed by atoms with Crippen LogP contribution in [0.15, 0.2) is 48.8 Å². The Kier molecular flexibility index (Phi) is 6.73. The number of fused-ring (bicyclic) bond motifs is 1. The second-order valence-electron chi connectivity index (χ2n) is 8.80. The first-order valence-electron chi connectivity index (χ1n) is 11.9. The number of ether oxygens (including phenoxy) is 1. The Morgan fingerprint density at radius 2 is 2.11 bits per heavy atom. The SMILES string of the molecule is CCC(=O)N1CCCC(n2nc(-c3ccc(OCc4cccc(F)c4)c(Cl)c3)c3c(N)ncnc32)C1. The maximum absolute atomic E-state index is 13.5. The number of nitrogens with zero attached hydrogens (tertiary/aromatic N) is 5. The van der Waals surface area contributed by atoms with Gasteiger partial charge in [-0.25, -0.2) is 19.0 Å². The highest BCUT2D eigenvalue weighted by Gasteiger charge is 2.28. The minimum absolute atomic E-state index is 0.0239. The molecule has 186 valence electrons. The molecule has 0 spiro atoms. The van der Waals surface area contributed by atoms with Gasteiger partial charge in [-0.05, 0) is 48.7 Å². The fourth-order valence-electron chi connectivity index (χ4n) is 4.61. The van der Waals surface area contributed by atoms with Gasteiger partial charge in [0.05, 0.1) is 16.5 Å². The standard InChI is InChI=1S/C26H26ClFN6O2/c1-2-22(35)33-10-4-7-19(13-33)34-26-23(25(29)30-15-31-26)24(32-34)17-8-9-21(20(27)12-17)36-14-16-5-3-6-18(28)11-16/h3,5-6,8-9,11-12,15,19H,2,4,7,10,13-14H2,1H3,(H2,29,30,31). The Hall–Kier alpha value is -3.72. The van der Waals surface area contributed by atoms with Gasteiger partial charge in [-0.1, -0.05) is 30.7 Å². The number of nitrogens with two attached hydrogens (primary N) is 1. The summed E-state index contributed by atoms with van der Waals surface area (Å²) in [6.45, 7) is 3.37. The molecule has 0 aliphatic carbocycles. The van der Waals surface area contributed by atoms with Crippen molar-refractivity contribution < 1.29 is 13.9 Å². The molecule has 1 aliphatic heterocycles. The molecule has 2 N–H and O–H groups in total. The second kappa shape index (κ2) is 10.1. The smallest absolute Gasteiger partial charge is 0.222 e. The minimum atomic E-state index is -0.319. The molecule has 1 atom stereocenters. The van der Waals surface area contributed by atoms with E-state index in [0.29, 0.717) is 51.8 Å². The summed E-state index contributed by atoms with van der Waals surface area (Å²) in [6.07, 6.45) is 3.66. The van der Waals surface area contributed by atoms with Crippen molar-refractivity contribution in [1.82, 2.24) is 24.6 Å². The van der Waals surface area contributed by atoms with Crippen LogP contribution in [-0.2, 0) is 11.4 Å². The first kappa shape index (κ1) is 24.0. The van der Waals surface area contributed by atoms with Gasteiger partial charge in [-0.2, -0.15) is 5.10 Å². The van der Waals surface area contributed by atoms with E-state index in [9.17, 15) is 9.18 Å². The van der Waals surface area contributed by atoms with Crippen molar-refractivity contribution in [2.45, 2.75) is 38.8 Å². The van der Waals surface area contributed by atoms with Gasteiger partial charge in [0.15, 0.2) is 5.65 Å². The lowest BCUT2D eigenvalue weighted by Gasteiger charge is -2.32. The van der Waals surface area contributed by atoms with Crippen LogP contribution in [0.25, 0.3) is 22.3 Å². The Bertz CT molecular complexity index is 1430. The van der Waals surface area contributed by atoms with Gasteiger partial charge in [-0.3, -0.25) is 4.79 Å². The van der Waals surface area contributed by atoms with Crippen LogP contribution in [0, 0.1) is 5.82 Å². The number of likely N-dealkylation sites (tertiary alicyclic amines) is 1. The van der Waals surface area contributed by atoms with E-state index in [1.807, 2.05) is 22.6 Å². The van der Waals surface area contributed by atoms with E-state index >= 15 is 0 Å². The van der Waals surface area contributed by atoms with E-state index in [-0.39, 0.29) is 24.4 Å². The summed E-state index contributed by atoms with van der Waals surface area (Å²) >= 11 is 6.55. The molecular weight excluding hydrogens is 483 g/mol. The lowest BCUT2D eigenvalue weighted by Crippen LogP contribution is -2.40. The second-order valence-corrected chi connectivity index (χ2v) is 9.21. The summed E-state index contributed by atoms with van der Waals surface area (Å²) in [4.78, 5) is 22.9. The van der Waals surface area contributed by atoms with E-state index in [2.05, 4.69) is 9.97 Å². The molecule has 3 heterocycles. The van der Waals surface area contributed by atoms with Gasteiger partial charge in [0.2, 0.25) is 5.91 Å². The summed E-state index contributed by atoms with van der Waals surface area (Å²) in [5.74, 6) is 0.603. The number of carbonyl (C=O) groups excluding carboxylic acids is 1. The first-order valence-corrected chi connectivity index (χ1v) is 12.3. The molecule has 8 nitrogen and oxygen atoms in total. The summed E-state index contributed by atoms with van der Waals surface area (Å²) in [6, 6.07) is 11.6. The van der Waals surface area contributed by atoms with Gasteiger partial charge in [0.1, 0.15) is 36.0 Å². The average Bonchev–Trinajstić information content (AvgIpc) is 3.29. The fraction of sp³-hybridized carbons (Fsp3) is 0.308. The van der Waals surface area contributed by atoms with Gasteiger partial charge in [-0.15, -0.1) is 0 Å². The van der Waals surface area contributed by atoms with Crippen molar-refractivity contribution >= 4 is 34.4 Å². The summed E-state index contributed by atoms with van der Waals surface area (Å²) in [5.41, 5.74) is 8.94. The Labute approximate surface area is 212 Å². The van der Waals surface area contributed by atoms with Crippen LogP contribution in [0.4, 0.5) is 10.2 Å². The van der Waals surface area contributed by atoms with Crippen molar-refractivity contribution in [2.24, 2.45) is 0 Å². The molecule has 5 rings (SSSR count). The molecule has 36 heavy (non-hydrogen) atoms. The van der Waals surface area contributed by atoms with Gasteiger partial charge in [0, 0.05) is 25.1 Å². The summed E-state index contributed by atoms with van der Waals surface area (Å²) in [7, 11) is 0. The van der Waals surface area contributed by atoms with Crippen LogP contribution >= 0.6 is 11.6 Å². The molecule has 2 aromatic carbocycles. The molecule has 0 radical (unpaired) electrons. The van der Waals surface area contributed by atoms with E-state index < -0.39 is 0 Å². The number of anilines is 1. The number of hydrogen-bond acceptors (Lipinski definition) is 6. The van der Waals surface area contributed by atoms with Crippen molar-refractivity contribution in [2.75, 3.05) is 18.8 Å². The van der Waals surface area contributed by atoms with E-state index in [1.165, 1.54) is 18.5 Å². The molecule has 1 fully saturated rings. The molecule has 1 unspecified atom stereocenters. The van der Waals surface area contributed by atoms with Crippen molar-refractivity contribution in [1.29, 1.82) is 0 Å². The number of nitrogen functional groups attached to an aromatic ring is 1. The summed E-state index contributed by atoms with van der Waals surface area (Å²) < 4.78 is 21.1. The van der Waals surface area contributed by atoms with Gasteiger partial charge in [0.25, 0.3) is 0 Å². The zero-order chi connectivity index (χ0) is 25.2. The highest BCUT2D eigenvalue weighted by atomic mass is 35.5.